The van der Waals surface area contributed by atoms with E-state index in [1.807, 2.05) is 51.2 Å². The summed E-state index contributed by atoms with van der Waals surface area (Å²) < 4.78 is 12.9. The summed E-state index contributed by atoms with van der Waals surface area (Å²) in [5, 5.41) is 3.14. The van der Waals surface area contributed by atoms with Crippen molar-refractivity contribution in [3.63, 3.8) is 0 Å². The number of amides is 1. The molecular formula is C23H27BrN4O3. The molecule has 2 saturated heterocycles. The van der Waals surface area contributed by atoms with E-state index in [0.29, 0.717) is 0 Å². The summed E-state index contributed by atoms with van der Waals surface area (Å²) in [5.74, 6) is 1.75. The lowest BCUT2D eigenvalue weighted by molar-refractivity contribution is 0.00496. The Morgan fingerprint density at radius 2 is 1.90 bits per heavy atom. The van der Waals surface area contributed by atoms with E-state index >= 15 is 0 Å². The first-order valence-electron chi connectivity index (χ1n) is 10.8. The van der Waals surface area contributed by atoms with E-state index in [1.165, 1.54) is 0 Å². The van der Waals surface area contributed by atoms with Gasteiger partial charge in [-0.2, -0.15) is 0 Å². The number of fused-ring (bicyclic) bond motifs is 3. The molecule has 164 valence electrons. The molecule has 2 aromatic rings. The third kappa shape index (κ3) is 3.75. The number of para-hydroxylation sites is 1. The predicted octanol–water partition coefficient (Wildman–Crippen LogP) is 4.77. The van der Waals surface area contributed by atoms with Crippen molar-refractivity contribution in [2.75, 3.05) is 4.90 Å². The van der Waals surface area contributed by atoms with E-state index < -0.39 is 17.3 Å². The Kier molecular flexibility index (Phi) is 4.88. The molecule has 8 heteroatoms. The van der Waals surface area contributed by atoms with Crippen LogP contribution in [0.2, 0.25) is 0 Å². The number of carbonyl (C=O) groups is 1. The average Bonchev–Trinajstić information content (AvgIpc) is 3.13. The van der Waals surface area contributed by atoms with Crippen LogP contribution in [0.4, 0.5) is 10.6 Å². The Balaban J connectivity index is 1.44. The van der Waals surface area contributed by atoms with Crippen LogP contribution in [-0.2, 0) is 4.74 Å². The number of anilines is 1. The number of nitrogens with zero attached hydrogens (tertiary/aromatic N) is 3. The fourth-order valence-corrected chi connectivity index (χ4v) is 5.59. The summed E-state index contributed by atoms with van der Waals surface area (Å²) >= 11 is 3.37. The highest BCUT2D eigenvalue weighted by Gasteiger charge is 2.58. The van der Waals surface area contributed by atoms with Crippen LogP contribution in [0.25, 0.3) is 0 Å². The van der Waals surface area contributed by atoms with Gasteiger partial charge in [0.25, 0.3) is 0 Å². The number of nitrogens with one attached hydrogen (secondary N) is 1. The number of rotatable bonds is 2. The Labute approximate surface area is 190 Å². The monoisotopic (exact) mass is 486 g/mol. The van der Waals surface area contributed by atoms with Gasteiger partial charge >= 0.3 is 6.09 Å². The molecule has 2 fully saturated rings. The quantitative estimate of drug-likeness (QED) is 0.658. The van der Waals surface area contributed by atoms with E-state index in [4.69, 9.17) is 9.47 Å². The average molecular weight is 487 g/mol. The molecule has 1 spiro atoms. The molecule has 4 atom stereocenters. The fraction of sp³-hybridized carbons (Fsp3) is 0.522. The number of benzene rings is 1. The lowest BCUT2D eigenvalue weighted by atomic mass is 9.79. The maximum atomic E-state index is 12.7. The molecular weight excluding hydrogens is 460 g/mol. The zero-order valence-electron chi connectivity index (χ0n) is 18.0. The first-order chi connectivity index (χ1) is 14.7. The van der Waals surface area contributed by atoms with Gasteiger partial charge in [0.1, 0.15) is 33.4 Å². The van der Waals surface area contributed by atoms with E-state index in [1.54, 1.807) is 6.20 Å². The van der Waals surface area contributed by atoms with Gasteiger partial charge in [0, 0.05) is 30.5 Å². The van der Waals surface area contributed by atoms with Crippen molar-refractivity contribution in [2.24, 2.45) is 0 Å². The van der Waals surface area contributed by atoms with Crippen molar-refractivity contribution in [2.45, 2.75) is 75.8 Å². The second kappa shape index (κ2) is 7.36. The number of halogens is 1. The molecule has 3 aliphatic heterocycles. The largest absolute Gasteiger partial charge is 0.484 e. The smallest absolute Gasteiger partial charge is 0.408 e. The molecule has 5 rings (SSSR count). The molecule has 3 aliphatic rings. The number of aromatic nitrogens is 2. The summed E-state index contributed by atoms with van der Waals surface area (Å²) in [4.78, 5) is 24.1. The van der Waals surface area contributed by atoms with Gasteiger partial charge < -0.3 is 19.7 Å². The minimum absolute atomic E-state index is 0.250. The number of piperidine rings is 1. The highest BCUT2D eigenvalue weighted by atomic mass is 79.9. The van der Waals surface area contributed by atoms with Gasteiger partial charge in [0.15, 0.2) is 0 Å². The molecule has 1 aromatic heterocycles. The van der Waals surface area contributed by atoms with E-state index in [0.717, 1.165) is 47.4 Å². The molecule has 31 heavy (non-hydrogen) atoms. The van der Waals surface area contributed by atoms with Crippen LogP contribution in [-0.4, -0.2) is 39.3 Å². The van der Waals surface area contributed by atoms with Gasteiger partial charge in [-0.15, -0.1) is 0 Å². The molecule has 1 unspecified atom stereocenters. The van der Waals surface area contributed by atoms with E-state index in [9.17, 15) is 4.79 Å². The first-order valence-corrected chi connectivity index (χ1v) is 11.6. The topological polar surface area (TPSA) is 76.6 Å². The Morgan fingerprint density at radius 1 is 1.19 bits per heavy atom. The van der Waals surface area contributed by atoms with Crippen molar-refractivity contribution < 1.29 is 14.3 Å². The van der Waals surface area contributed by atoms with Crippen LogP contribution in [0, 0.1) is 0 Å². The van der Waals surface area contributed by atoms with Gasteiger partial charge in [0.2, 0.25) is 0 Å². The van der Waals surface area contributed by atoms with Crippen molar-refractivity contribution in [3.8, 4) is 5.75 Å². The van der Waals surface area contributed by atoms with Gasteiger partial charge in [-0.1, -0.05) is 18.2 Å². The SMILES string of the molecule is CC(C)(C)OC(=O)N[C@@H]1c2ccccc2OC12C[C@H]1CC[C@@H](C2)N1c1cnc(Br)cn1. The lowest BCUT2D eigenvalue weighted by Gasteiger charge is -2.47. The van der Waals surface area contributed by atoms with Crippen molar-refractivity contribution in [1.29, 1.82) is 0 Å². The summed E-state index contributed by atoms with van der Waals surface area (Å²) in [6.07, 6.45) is 6.91. The van der Waals surface area contributed by atoms with Crippen molar-refractivity contribution >= 4 is 27.8 Å². The maximum absolute atomic E-state index is 12.7. The molecule has 7 nitrogen and oxygen atoms in total. The first kappa shape index (κ1) is 20.5. The Hall–Kier alpha value is -2.35. The van der Waals surface area contributed by atoms with Gasteiger partial charge in [0.05, 0.1) is 12.4 Å². The number of ether oxygens (including phenoxy) is 2. The predicted molar refractivity (Wildman–Crippen MR) is 120 cm³/mol. The molecule has 4 heterocycles. The second-order valence-electron chi connectivity index (χ2n) is 9.68. The van der Waals surface area contributed by atoms with E-state index in [-0.39, 0.29) is 18.1 Å². The number of alkyl carbamates (subject to hydrolysis) is 1. The van der Waals surface area contributed by atoms with Gasteiger partial charge in [-0.05, 0) is 55.6 Å². The third-order valence-corrected chi connectivity index (χ3v) is 6.79. The third-order valence-electron chi connectivity index (χ3n) is 6.38. The highest BCUT2D eigenvalue weighted by Crippen LogP contribution is 2.54. The molecule has 0 radical (unpaired) electrons. The van der Waals surface area contributed by atoms with Gasteiger partial charge in [-0.25, -0.2) is 14.8 Å². The standard InChI is InChI=1S/C23H27BrN4O3/c1-22(2,3)31-21(29)27-20-16-6-4-5-7-17(16)30-23(20)10-14-8-9-15(11-23)28(14)19-13-25-18(24)12-26-19/h4-7,12-15,20H,8-11H2,1-3H3,(H,27,29)/t14-,15+,20-,23?/m1/s1. The zero-order valence-corrected chi connectivity index (χ0v) is 19.6. The van der Waals surface area contributed by atoms with Crippen LogP contribution in [0.15, 0.2) is 41.3 Å². The van der Waals surface area contributed by atoms with Crippen LogP contribution in [0.5, 0.6) is 5.75 Å². The number of carbonyl (C=O) groups excluding carboxylic acids is 1. The van der Waals surface area contributed by atoms with Crippen LogP contribution in [0.1, 0.15) is 58.1 Å². The number of hydrogen-bond donors (Lipinski definition) is 1. The fourth-order valence-electron chi connectivity index (χ4n) is 5.38. The lowest BCUT2D eigenvalue weighted by Crippen LogP contribution is -2.58. The van der Waals surface area contributed by atoms with Crippen molar-refractivity contribution in [1.82, 2.24) is 15.3 Å². The van der Waals surface area contributed by atoms with Crippen LogP contribution >= 0.6 is 15.9 Å². The molecule has 0 aliphatic carbocycles. The normalized spacial score (nSPS) is 28.9. The second-order valence-corrected chi connectivity index (χ2v) is 10.5. The molecule has 1 amide bonds. The summed E-state index contributed by atoms with van der Waals surface area (Å²) in [6.45, 7) is 5.62. The Morgan fingerprint density at radius 3 is 2.55 bits per heavy atom. The van der Waals surface area contributed by atoms with Gasteiger partial charge in [-0.3, -0.25) is 0 Å². The van der Waals surface area contributed by atoms with E-state index in [2.05, 4.69) is 36.1 Å². The Bertz CT molecular complexity index is 977. The van der Waals surface area contributed by atoms with Crippen LogP contribution in [0.3, 0.4) is 0 Å². The number of hydrogen-bond acceptors (Lipinski definition) is 6. The summed E-state index contributed by atoms with van der Waals surface area (Å²) in [6, 6.07) is 8.32. The van der Waals surface area contributed by atoms with Crippen LogP contribution < -0.4 is 15.0 Å². The minimum Gasteiger partial charge on any atom is -0.484 e. The van der Waals surface area contributed by atoms with Crippen molar-refractivity contribution in [3.05, 3.63) is 46.8 Å². The summed E-state index contributed by atoms with van der Waals surface area (Å²) in [5.41, 5.74) is -0.0328. The highest BCUT2D eigenvalue weighted by molar-refractivity contribution is 9.10. The molecule has 1 N–H and O–H groups in total. The molecule has 0 saturated carbocycles. The molecule has 1 aromatic carbocycles. The maximum Gasteiger partial charge on any atom is 0.408 e. The minimum atomic E-state index is -0.557. The zero-order chi connectivity index (χ0) is 21.8. The summed E-state index contributed by atoms with van der Waals surface area (Å²) in [7, 11) is 0. The molecule has 2 bridgehead atoms.